The van der Waals surface area contributed by atoms with Crippen LogP contribution < -0.4 is 11.5 Å². The predicted molar refractivity (Wildman–Crippen MR) is 68.9 cm³/mol. The first-order valence-corrected chi connectivity index (χ1v) is 6.36. The molecule has 0 spiro atoms. The highest BCUT2D eigenvalue weighted by atomic mass is 32.2. The number of anilines is 2. The Morgan fingerprint density at radius 2 is 1.81 bits per heavy atom. The summed E-state index contributed by atoms with van der Waals surface area (Å²) in [5.74, 6) is 2.79. The number of thioether (sulfide) groups is 1. The molecule has 0 aliphatic carbocycles. The van der Waals surface area contributed by atoms with Crippen molar-refractivity contribution < 1.29 is 0 Å². The van der Waals surface area contributed by atoms with E-state index in [2.05, 4.69) is 34.0 Å². The molecule has 1 heterocycles. The van der Waals surface area contributed by atoms with Gasteiger partial charge in [-0.3, -0.25) is 0 Å². The van der Waals surface area contributed by atoms with Gasteiger partial charge < -0.3 is 11.5 Å². The molecule has 0 saturated carbocycles. The van der Waals surface area contributed by atoms with Gasteiger partial charge in [0.2, 0.25) is 11.9 Å². The first-order chi connectivity index (χ1) is 7.72. The average molecular weight is 239 g/mol. The summed E-state index contributed by atoms with van der Waals surface area (Å²) in [5.41, 5.74) is 10.9. The Bertz CT molecular complexity index is 333. The Morgan fingerprint density at radius 3 is 2.44 bits per heavy atom. The van der Waals surface area contributed by atoms with Gasteiger partial charge in [0.1, 0.15) is 5.82 Å². The molecule has 4 N–H and O–H groups in total. The van der Waals surface area contributed by atoms with Crippen LogP contribution in [-0.4, -0.2) is 20.7 Å². The number of nitrogens with zero attached hydrogens (tertiary/aromatic N) is 3. The molecular weight excluding hydrogens is 222 g/mol. The van der Waals surface area contributed by atoms with Gasteiger partial charge >= 0.3 is 0 Å². The van der Waals surface area contributed by atoms with Gasteiger partial charge in [0, 0.05) is 0 Å². The van der Waals surface area contributed by atoms with E-state index in [1.165, 1.54) is 0 Å². The van der Waals surface area contributed by atoms with Crippen molar-refractivity contribution in [2.24, 2.45) is 0 Å². The van der Waals surface area contributed by atoms with Gasteiger partial charge in [0.05, 0.1) is 5.75 Å². The average Bonchev–Trinajstić information content (AvgIpc) is 2.22. The third kappa shape index (κ3) is 4.97. The van der Waals surface area contributed by atoms with Gasteiger partial charge in [-0.2, -0.15) is 26.7 Å². The molecule has 6 heteroatoms. The van der Waals surface area contributed by atoms with E-state index in [4.69, 9.17) is 11.5 Å². The molecule has 88 valence electrons. The third-order valence-electron chi connectivity index (χ3n) is 1.78. The van der Waals surface area contributed by atoms with E-state index >= 15 is 0 Å². The second-order valence-corrected chi connectivity index (χ2v) is 4.29. The molecule has 16 heavy (non-hydrogen) atoms. The van der Waals surface area contributed by atoms with Crippen LogP contribution in [0.1, 0.15) is 25.6 Å². The summed E-state index contributed by atoms with van der Waals surface area (Å²) in [4.78, 5) is 11.7. The van der Waals surface area contributed by atoms with Crippen molar-refractivity contribution in [2.45, 2.75) is 25.5 Å². The van der Waals surface area contributed by atoms with Gasteiger partial charge in [0.25, 0.3) is 0 Å². The minimum atomic E-state index is 0.189. The van der Waals surface area contributed by atoms with Crippen LogP contribution in [0.5, 0.6) is 0 Å². The number of allylic oxidation sites excluding steroid dienone is 2. The Labute approximate surface area is 99.8 Å². The van der Waals surface area contributed by atoms with Crippen molar-refractivity contribution in [3.8, 4) is 0 Å². The lowest BCUT2D eigenvalue weighted by atomic mass is 10.4. The van der Waals surface area contributed by atoms with E-state index in [-0.39, 0.29) is 11.9 Å². The lowest BCUT2D eigenvalue weighted by molar-refractivity contribution is 0.987. The fourth-order valence-corrected chi connectivity index (χ4v) is 1.88. The summed E-state index contributed by atoms with van der Waals surface area (Å²) in [6.45, 7) is 2.13. The van der Waals surface area contributed by atoms with Crippen LogP contribution in [0.25, 0.3) is 0 Å². The Kier molecular flexibility index (Phi) is 5.63. The van der Waals surface area contributed by atoms with E-state index in [0.717, 1.165) is 24.3 Å². The van der Waals surface area contributed by atoms with E-state index < -0.39 is 0 Å². The molecule has 0 aliphatic heterocycles. The molecule has 0 radical (unpaired) electrons. The molecule has 1 aromatic heterocycles. The molecule has 0 unspecified atom stereocenters. The summed E-state index contributed by atoms with van der Waals surface area (Å²) in [5, 5.41) is 0. The number of nitrogen functional groups attached to an aromatic ring is 2. The molecule has 0 bridgehead atoms. The van der Waals surface area contributed by atoms with Crippen LogP contribution in [-0.2, 0) is 5.75 Å². The van der Waals surface area contributed by atoms with E-state index in [0.29, 0.717) is 5.82 Å². The van der Waals surface area contributed by atoms with E-state index in [1.54, 1.807) is 11.8 Å². The standard InChI is InChI=1S/C10H17N5S/c1-2-3-4-5-6-16-7-8-13-9(11)15-10(12)14-8/h3-4H,2,5-7H2,1H3,(H4,11,12,13,14,15)/b4-3+. The zero-order valence-electron chi connectivity index (χ0n) is 9.39. The van der Waals surface area contributed by atoms with Crippen LogP contribution in [0, 0.1) is 0 Å². The number of nitrogens with two attached hydrogens (primary N) is 2. The fraction of sp³-hybridized carbons (Fsp3) is 0.500. The fourth-order valence-electron chi connectivity index (χ4n) is 1.12. The molecule has 0 aromatic carbocycles. The second-order valence-electron chi connectivity index (χ2n) is 3.19. The monoisotopic (exact) mass is 239 g/mol. The molecule has 1 rings (SSSR count). The zero-order valence-corrected chi connectivity index (χ0v) is 10.2. The van der Waals surface area contributed by atoms with E-state index in [9.17, 15) is 0 Å². The number of hydrogen-bond donors (Lipinski definition) is 2. The van der Waals surface area contributed by atoms with Gasteiger partial charge in [-0.15, -0.1) is 0 Å². The Hall–Kier alpha value is -1.30. The molecule has 0 aliphatic rings. The Balaban J connectivity index is 2.29. The topological polar surface area (TPSA) is 90.7 Å². The van der Waals surface area contributed by atoms with Gasteiger partial charge in [-0.05, 0) is 18.6 Å². The number of aromatic nitrogens is 3. The van der Waals surface area contributed by atoms with Gasteiger partial charge in [-0.25, -0.2) is 0 Å². The van der Waals surface area contributed by atoms with Crippen LogP contribution in [0.2, 0.25) is 0 Å². The molecule has 5 nitrogen and oxygen atoms in total. The largest absolute Gasteiger partial charge is 0.368 e. The third-order valence-corrected chi connectivity index (χ3v) is 2.77. The normalized spacial score (nSPS) is 11.1. The maximum absolute atomic E-state index is 5.47. The van der Waals surface area contributed by atoms with Crippen molar-refractivity contribution in [2.75, 3.05) is 17.2 Å². The van der Waals surface area contributed by atoms with Gasteiger partial charge in [-0.1, -0.05) is 19.1 Å². The summed E-state index contributed by atoms with van der Waals surface area (Å²) >= 11 is 1.76. The van der Waals surface area contributed by atoms with Crippen LogP contribution in [0.4, 0.5) is 11.9 Å². The quantitative estimate of drug-likeness (QED) is 0.579. The second kappa shape index (κ2) is 7.05. The van der Waals surface area contributed by atoms with Crippen LogP contribution in [0.15, 0.2) is 12.2 Å². The van der Waals surface area contributed by atoms with Crippen LogP contribution in [0.3, 0.4) is 0 Å². The van der Waals surface area contributed by atoms with Crippen molar-refractivity contribution in [1.29, 1.82) is 0 Å². The maximum Gasteiger partial charge on any atom is 0.225 e. The maximum atomic E-state index is 5.47. The van der Waals surface area contributed by atoms with Crippen molar-refractivity contribution in [1.82, 2.24) is 15.0 Å². The molecule has 1 aromatic rings. The van der Waals surface area contributed by atoms with Gasteiger partial charge in [0.15, 0.2) is 0 Å². The lowest BCUT2D eigenvalue weighted by Crippen LogP contribution is -2.06. The predicted octanol–water partition coefficient (Wildman–Crippen LogP) is 1.63. The summed E-state index contributed by atoms with van der Waals surface area (Å²) in [6.07, 6.45) is 6.50. The smallest absolute Gasteiger partial charge is 0.225 e. The van der Waals surface area contributed by atoms with Crippen LogP contribution >= 0.6 is 11.8 Å². The summed E-state index contributed by atoms with van der Waals surface area (Å²) in [6, 6.07) is 0. The zero-order chi connectivity index (χ0) is 11.8. The lowest BCUT2D eigenvalue weighted by Gasteiger charge is -2.01. The number of hydrogen-bond acceptors (Lipinski definition) is 6. The van der Waals surface area contributed by atoms with Crippen molar-refractivity contribution in [3.63, 3.8) is 0 Å². The molecule has 0 atom stereocenters. The first kappa shape index (κ1) is 12.8. The highest BCUT2D eigenvalue weighted by Crippen LogP contribution is 2.11. The minimum Gasteiger partial charge on any atom is -0.368 e. The van der Waals surface area contributed by atoms with Crippen molar-refractivity contribution >= 4 is 23.7 Å². The SMILES string of the molecule is CC/C=C/CCSCc1nc(N)nc(N)n1. The minimum absolute atomic E-state index is 0.189. The Morgan fingerprint density at radius 1 is 1.12 bits per heavy atom. The molecule has 0 amide bonds. The molecule has 0 fully saturated rings. The first-order valence-electron chi connectivity index (χ1n) is 5.21. The summed E-state index contributed by atoms with van der Waals surface area (Å²) in [7, 11) is 0. The number of rotatable bonds is 6. The highest BCUT2D eigenvalue weighted by Gasteiger charge is 2.01. The van der Waals surface area contributed by atoms with E-state index in [1.807, 2.05) is 0 Å². The summed E-state index contributed by atoms with van der Waals surface area (Å²) < 4.78 is 0. The van der Waals surface area contributed by atoms with Crippen molar-refractivity contribution in [3.05, 3.63) is 18.0 Å². The highest BCUT2D eigenvalue weighted by molar-refractivity contribution is 7.98. The molecule has 0 saturated heterocycles. The molecular formula is C10H17N5S.